The second-order valence-electron chi connectivity index (χ2n) is 3.82. The van der Waals surface area contributed by atoms with Gasteiger partial charge in [-0.05, 0) is 18.6 Å². The number of Topliss-reactive ketones (excluding diaryl/α,β-unsaturated/α-hetero) is 1. The van der Waals surface area contributed by atoms with Crippen LogP contribution < -0.4 is 0 Å². The highest BCUT2D eigenvalue weighted by atomic mass is 79.9. The van der Waals surface area contributed by atoms with Gasteiger partial charge in [-0.25, -0.2) is 0 Å². The minimum absolute atomic E-state index is 0.113. The summed E-state index contributed by atoms with van der Waals surface area (Å²) in [5.41, 5.74) is 2.59. The van der Waals surface area contributed by atoms with Crippen molar-refractivity contribution in [3.8, 4) is 0 Å². The van der Waals surface area contributed by atoms with Gasteiger partial charge in [-0.3, -0.25) is 9.78 Å². The van der Waals surface area contributed by atoms with Crippen molar-refractivity contribution in [3.63, 3.8) is 0 Å². The van der Waals surface area contributed by atoms with Crippen LogP contribution in [0.2, 0.25) is 0 Å². The molecule has 0 saturated heterocycles. The van der Waals surface area contributed by atoms with Crippen molar-refractivity contribution < 1.29 is 4.79 Å². The average molecular weight is 290 g/mol. The largest absolute Gasteiger partial charge is 0.294 e. The molecule has 2 aromatic rings. The van der Waals surface area contributed by atoms with Gasteiger partial charge in [0.25, 0.3) is 0 Å². The lowest BCUT2D eigenvalue weighted by atomic mass is 10.0. The van der Waals surface area contributed by atoms with Gasteiger partial charge in [-0.2, -0.15) is 0 Å². The highest BCUT2D eigenvalue weighted by Crippen LogP contribution is 2.20. The molecule has 3 heteroatoms. The van der Waals surface area contributed by atoms with Gasteiger partial charge >= 0.3 is 0 Å². The lowest BCUT2D eigenvalue weighted by Gasteiger charge is -2.06. The molecule has 0 bridgehead atoms. The fourth-order valence-electron chi connectivity index (χ4n) is 1.66. The molecule has 0 spiro atoms. The molecule has 0 aliphatic carbocycles. The molecule has 0 radical (unpaired) electrons. The van der Waals surface area contributed by atoms with Crippen molar-refractivity contribution in [1.29, 1.82) is 0 Å². The van der Waals surface area contributed by atoms with Gasteiger partial charge in [0.15, 0.2) is 5.78 Å². The zero-order valence-electron chi connectivity index (χ0n) is 9.48. The molecule has 0 fully saturated rings. The van der Waals surface area contributed by atoms with Gasteiger partial charge < -0.3 is 0 Å². The monoisotopic (exact) mass is 289 g/mol. The third-order valence-corrected chi connectivity index (χ3v) is 3.39. The topological polar surface area (TPSA) is 30.0 Å². The van der Waals surface area contributed by atoms with E-state index in [9.17, 15) is 4.79 Å². The number of carbonyl (C=O) groups excluding carboxylic acids is 1. The van der Waals surface area contributed by atoms with Crippen LogP contribution in [0, 0.1) is 6.92 Å². The Hall–Kier alpha value is -1.48. The van der Waals surface area contributed by atoms with E-state index >= 15 is 0 Å². The molecule has 0 aliphatic rings. The molecule has 0 amide bonds. The Kier molecular flexibility index (Phi) is 3.69. The van der Waals surface area contributed by atoms with Gasteiger partial charge in [-0.15, -0.1) is 0 Å². The predicted octanol–water partition coefficient (Wildman–Crippen LogP) is 3.58. The Bertz CT molecular complexity index is 517. The van der Waals surface area contributed by atoms with Gasteiger partial charge in [0, 0.05) is 28.3 Å². The summed E-state index contributed by atoms with van der Waals surface area (Å²) in [7, 11) is 0. The fourth-order valence-corrected chi connectivity index (χ4v) is 2.21. The molecule has 0 saturated carbocycles. The molecule has 2 nitrogen and oxygen atoms in total. The Balaban J connectivity index is 2.25. The van der Waals surface area contributed by atoms with Crippen molar-refractivity contribution in [2.75, 3.05) is 0 Å². The van der Waals surface area contributed by atoms with E-state index in [1.807, 2.05) is 43.3 Å². The second-order valence-corrected chi connectivity index (χ2v) is 4.68. The van der Waals surface area contributed by atoms with Crippen LogP contribution in [0.15, 0.2) is 47.1 Å². The average Bonchev–Trinajstić information content (AvgIpc) is 2.35. The van der Waals surface area contributed by atoms with E-state index in [2.05, 4.69) is 20.9 Å². The quantitative estimate of drug-likeness (QED) is 0.809. The summed E-state index contributed by atoms with van der Waals surface area (Å²) in [4.78, 5) is 16.3. The molecule has 0 N–H and O–H groups in total. The Morgan fingerprint density at radius 2 is 1.94 bits per heavy atom. The van der Waals surface area contributed by atoms with Crippen LogP contribution in [0.3, 0.4) is 0 Å². The van der Waals surface area contributed by atoms with Crippen LogP contribution in [0.25, 0.3) is 0 Å². The van der Waals surface area contributed by atoms with Crippen molar-refractivity contribution in [3.05, 3.63) is 63.9 Å². The molecule has 0 unspecified atom stereocenters. The highest BCUT2D eigenvalue weighted by molar-refractivity contribution is 9.10. The summed E-state index contributed by atoms with van der Waals surface area (Å²) in [5.74, 6) is 0.113. The zero-order chi connectivity index (χ0) is 12.3. The molecular weight excluding hydrogens is 278 g/mol. The van der Waals surface area contributed by atoms with Crippen LogP contribution in [-0.4, -0.2) is 10.8 Å². The van der Waals surface area contributed by atoms with Crippen molar-refractivity contribution in [2.24, 2.45) is 0 Å². The number of pyridine rings is 1. The Morgan fingerprint density at radius 1 is 1.24 bits per heavy atom. The van der Waals surface area contributed by atoms with Gasteiger partial charge in [0.2, 0.25) is 0 Å². The maximum Gasteiger partial charge on any atom is 0.167 e. The summed E-state index contributed by atoms with van der Waals surface area (Å²) >= 11 is 3.46. The van der Waals surface area contributed by atoms with Gasteiger partial charge in [0.05, 0.1) is 0 Å². The normalized spacial score (nSPS) is 10.2. The van der Waals surface area contributed by atoms with E-state index in [1.165, 1.54) is 0 Å². The summed E-state index contributed by atoms with van der Waals surface area (Å²) in [6.45, 7) is 1.92. The number of aryl methyl sites for hydroxylation is 1. The first-order valence-corrected chi connectivity index (χ1v) is 6.16. The summed E-state index contributed by atoms with van der Waals surface area (Å²) in [6.07, 6.45) is 2.11. The molecule has 1 aromatic carbocycles. The first-order chi connectivity index (χ1) is 8.18. The predicted molar refractivity (Wildman–Crippen MR) is 71.2 cm³/mol. The second kappa shape index (κ2) is 5.23. The Labute approximate surface area is 109 Å². The van der Waals surface area contributed by atoms with E-state index < -0.39 is 0 Å². The van der Waals surface area contributed by atoms with E-state index in [0.717, 1.165) is 21.3 Å². The highest BCUT2D eigenvalue weighted by Gasteiger charge is 2.11. The smallest absolute Gasteiger partial charge is 0.167 e. The van der Waals surface area contributed by atoms with Crippen LogP contribution in [0.4, 0.5) is 0 Å². The van der Waals surface area contributed by atoms with Crippen LogP contribution in [0.5, 0.6) is 0 Å². The number of hydrogen-bond donors (Lipinski definition) is 0. The summed E-state index contributed by atoms with van der Waals surface area (Å²) in [6, 6.07) is 11.2. The number of halogens is 1. The zero-order valence-corrected chi connectivity index (χ0v) is 11.1. The number of hydrogen-bond acceptors (Lipinski definition) is 2. The van der Waals surface area contributed by atoms with E-state index in [-0.39, 0.29) is 5.78 Å². The first-order valence-electron chi connectivity index (χ1n) is 5.36. The van der Waals surface area contributed by atoms with Gasteiger partial charge in [0.1, 0.15) is 0 Å². The van der Waals surface area contributed by atoms with Crippen molar-refractivity contribution in [1.82, 2.24) is 4.98 Å². The van der Waals surface area contributed by atoms with Crippen molar-refractivity contribution >= 4 is 21.7 Å². The maximum absolute atomic E-state index is 12.1. The third-order valence-electron chi connectivity index (χ3n) is 2.65. The van der Waals surface area contributed by atoms with Crippen LogP contribution in [-0.2, 0) is 6.42 Å². The minimum Gasteiger partial charge on any atom is -0.294 e. The van der Waals surface area contributed by atoms with Crippen molar-refractivity contribution in [2.45, 2.75) is 13.3 Å². The number of carbonyl (C=O) groups is 1. The number of rotatable bonds is 3. The summed E-state index contributed by atoms with van der Waals surface area (Å²) in [5, 5.41) is 0. The molecule has 0 atom stereocenters. The third kappa shape index (κ3) is 2.80. The molecule has 1 heterocycles. The standard InChI is InChI=1S/C14H12BrNO/c1-10-12(13(15)7-8-16-10)9-14(17)11-5-3-2-4-6-11/h2-8H,9H2,1H3. The minimum atomic E-state index is 0.113. The molecule has 17 heavy (non-hydrogen) atoms. The lowest BCUT2D eigenvalue weighted by Crippen LogP contribution is -2.06. The van der Waals surface area contributed by atoms with Crippen LogP contribution in [0.1, 0.15) is 21.6 Å². The SMILES string of the molecule is Cc1nccc(Br)c1CC(=O)c1ccccc1. The lowest BCUT2D eigenvalue weighted by molar-refractivity contribution is 0.0992. The number of ketones is 1. The first kappa shape index (κ1) is 12.0. The number of benzene rings is 1. The van der Waals surface area contributed by atoms with Crippen LogP contribution >= 0.6 is 15.9 Å². The maximum atomic E-state index is 12.1. The van der Waals surface area contributed by atoms with E-state index in [1.54, 1.807) is 6.20 Å². The van der Waals surface area contributed by atoms with Gasteiger partial charge in [-0.1, -0.05) is 46.3 Å². The molecule has 0 aliphatic heterocycles. The summed E-state index contributed by atoms with van der Waals surface area (Å²) < 4.78 is 0.939. The number of aromatic nitrogens is 1. The molecular formula is C14H12BrNO. The van der Waals surface area contributed by atoms with E-state index in [4.69, 9.17) is 0 Å². The molecule has 1 aromatic heterocycles. The molecule has 86 valence electrons. The Morgan fingerprint density at radius 3 is 2.59 bits per heavy atom. The fraction of sp³-hybridized carbons (Fsp3) is 0.143. The number of nitrogens with zero attached hydrogens (tertiary/aromatic N) is 1. The molecule has 2 rings (SSSR count). The van der Waals surface area contributed by atoms with E-state index in [0.29, 0.717) is 6.42 Å².